The molecule has 0 aliphatic heterocycles. The van der Waals surface area contributed by atoms with Crippen LogP contribution in [0.2, 0.25) is 0 Å². The molecular formula is C19H23F3N4S. The predicted octanol–water partition coefficient (Wildman–Crippen LogP) is 4.14. The lowest BCUT2D eigenvalue weighted by atomic mass is 10.1. The number of hydrogen-bond donors (Lipinski definition) is 2. The Morgan fingerprint density at radius 3 is 2.56 bits per heavy atom. The smallest absolute Gasteiger partial charge is 0.363 e. The number of nitrogens with one attached hydrogen (secondary N) is 2. The van der Waals surface area contributed by atoms with Crippen molar-refractivity contribution in [2.45, 2.75) is 51.4 Å². The summed E-state index contributed by atoms with van der Waals surface area (Å²) in [5.41, 5.74) is 2.24. The maximum Gasteiger partial charge on any atom is 0.435 e. The topological polar surface area (TPSA) is 41.9 Å². The van der Waals surface area contributed by atoms with Crippen LogP contribution in [0, 0.1) is 6.92 Å². The van der Waals surface area contributed by atoms with Crippen LogP contribution in [0.15, 0.2) is 30.3 Å². The van der Waals surface area contributed by atoms with Gasteiger partial charge >= 0.3 is 6.18 Å². The molecule has 0 saturated heterocycles. The fourth-order valence-electron chi connectivity index (χ4n) is 2.84. The molecule has 1 heterocycles. The Kier molecular flexibility index (Phi) is 6.04. The van der Waals surface area contributed by atoms with Crippen LogP contribution >= 0.6 is 12.2 Å². The summed E-state index contributed by atoms with van der Waals surface area (Å²) >= 11 is 5.25. The molecule has 1 saturated carbocycles. The van der Waals surface area contributed by atoms with Gasteiger partial charge in [-0.2, -0.15) is 18.3 Å². The second kappa shape index (κ2) is 8.29. The van der Waals surface area contributed by atoms with Crippen molar-refractivity contribution in [2.75, 3.05) is 6.54 Å². The van der Waals surface area contributed by atoms with Crippen molar-refractivity contribution >= 4 is 17.3 Å². The van der Waals surface area contributed by atoms with Gasteiger partial charge < -0.3 is 10.6 Å². The SMILES string of the molecule is Cc1ccc(CNC(=S)NCCCn2nc(C(F)(F)F)cc2C2CC2)cc1. The fourth-order valence-corrected chi connectivity index (χ4v) is 3.01. The molecule has 1 aromatic carbocycles. The highest BCUT2D eigenvalue weighted by Gasteiger charge is 2.37. The Morgan fingerprint density at radius 1 is 1.22 bits per heavy atom. The Morgan fingerprint density at radius 2 is 1.93 bits per heavy atom. The number of benzene rings is 1. The number of aromatic nitrogens is 2. The minimum Gasteiger partial charge on any atom is -0.363 e. The van der Waals surface area contributed by atoms with E-state index in [1.807, 2.05) is 31.2 Å². The van der Waals surface area contributed by atoms with Crippen LogP contribution in [-0.4, -0.2) is 21.4 Å². The van der Waals surface area contributed by atoms with Gasteiger partial charge in [0.1, 0.15) is 0 Å². The third kappa shape index (κ3) is 5.69. The van der Waals surface area contributed by atoms with Gasteiger partial charge in [0.2, 0.25) is 0 Å². The molecule has 3 rings (SSSR count). The minimum absolute atomic E-state index is 0.221. The second-order valence-electron chi connectivity index (χ2n) is 6.90. The summed E-state index contributed by atoms with van der Waals surface area (Å²) in [4.78, 5) is 0. The first-order chi connectivity index (χ1) is 12.8. The average Bonchev–Trinajstić information content (AvgIpc) is 3.36. The van der Waals surface area contributed by atoms with Crippen LogP contribution in [0.5, 0.6) is 0 Å². The highest BCUT2D eigenvalue weighted by molar-refractivity contribution is 7.80. The van der Waals surface area contributed by atoms with Crippen molar-refractivity contribution in [2.24, 2.45) is 0 Å². The van der Waals surface area contributed by atoms with Crippen LogP contribution < -0.4 is 10.6 Å². The average molecular weight is 396 g/mol. The molecule has 1 aliphatic rings. The highest BCUT2D eigenvalue weighted by Crippen LogP contribution is 2.42. The van der Waals surface area contributed by atoms with Crippen LogP contribution in [0.3, 0.4) is 0 Å². The van der Waals surface area contributed by atoms with E-state index in [2.05, 4.69) is 15.7 Å². The van der Waals surface area contributed by atoms with Crippen molar-refractivity contribution in [3.63, 3.8) is 0 Å². The van der Waals surface area contributed by atoms with Gasteiger partial charge in [0.05, 0.1) is 0 Å². The molecule has 0 radical (unpaired) electrons. The van der Waals surface area contributed by atoms with E-state index in [0.717, 1.165) is 18.4 Å². The Labute approximate surface area is 162 Å². The molecule has 2 N–H and O–H groups in total. The largest absolute Gasteiger partial charge is 0.435 e. The quantitative estimate of drug-likeness (QED) is 0.545. The number of thiocarbonyl (C=S) groups is 1. The first-order valence-electron chi connectivity index (χ1n) is 9.05. The van der Waals surface area contributed by atoms with Crippen molar-refractivity contribution in [3.05, 3.63) is 52.8 Å². The summed E-state index contributed by atoms with van der Waals surface area (Å²) in [7, 11) is 0. The molecule has 0 amide bonds. The summed E-state index contributed by atoms with van der Waals surface area (Å²) in [5.74, 6) is 0.221. The summed E-state index contributed by atoms with van der Waals surface area (Å²) < 4.78 is 40.2. The monoisotopic (exact) mass is 396 g/mol. The van der Waals surface area contributed by atoms with Crippen LogP contribution in [0.1, 0.15) is 47.7 Å². The third-order valence-electron chi connectivity index (χ3n) is 4.50. The lowest BCUT2D eigenvalue weighted by molar-refractivity contribution is -0.141. The third-order valence-corrected chi connectivity index (χ3v) is 4.79. The molecule has 0 unspecified atom stereocenters. The van der Waals surface area contributed by atoms with E-state index in [-0.39, 0.29) is 5.92 Å². The molecule has 0 atom stereocenters. The molecule has 1 aromatic heterocycles. The van der Waals surface area contributed by atoms with Gasteiger partial charge in [-0.1, -0.05) is 29.8 Å². The summed E-state index contributed by atoms with van der Waals surface area (Å²) in [6, 6.07) is 9.37. The van der Waals surface area contributed by atoms with Gasteiger partial charge in [0.15, 0.2) is 10.8 Å². The molecule has 27 heavy (non-hydrogen) atoms. The summed E-state index contributed by atoms with van der Waals surface area (Å²) in [6.45, 7) is 3.68. The Hall–Kier alpha value is -2.09. The maximum atomic E-state index is 12.9. The second-order valence-corrected chi connectivity index (χ2v) is 7.31. The van der Waals surface area contributed by atoms with Crippen LogP contribution in [-0.2, 0) is 19.3 Å². The molecule has 0 spiro atoms. The fraction of sp³-hybridized carbons (Fsp3) is 0.474. The van der Waals surface area contributed by atoms with E-state index in [4.69, 9.17) is 12.2 Å². The molecule has 0 bridgehead atoms. The summed E-state index contributed by atoms with van der Waals surface area (Å²) in [6.07, 6.45) is -1.87. The first-order valence-corrected chi connectivity index (χ1v) is 9.46. The maximum absolute atomic E-state index is 12.9. The molecule has 146 valence electrons. The normalized spacial score (nSPS) is 14.2. The van der Waals surface area contributed by atoms with E-state index in [1.54, 1.807) is 0 Å². The molecule has 1 aliphatic carbocycles. The highest BCUT2D eigenvalue weighted by atomic mass is 32.1. The first kappa shape index (κ1) is 19.7. The van der Waals surface area contributed by atoms with Gasteiger partial charge in [-0.15, -0.1) is 0 Å². The van der Waals surface area contributed by atoms with Crippen molar-refractivity contribution in [3.8, 4) is 0 Å². The molecule has 4 nitrogen and oxygen atoms in total. The molecule has 2 aromatic rings. The number of aryl methyl sites for hydroxylation is 2. The Bertz CT molecular complexity index is 779. The van der Waals surface area contributed by atoms with Crippen molar-refractivity contribution < 1.29 is 13.2 Å². The van der Waals surface area contributed by atoms with E-state index in [9.17, 15) is 13.2 Å². The van der Waals surface area contributed by atoms with Gasteiger partial charge in [0.25, 0.3) is 0 Å². The zero-order valence-electron chi connectivity index (χ0n) is 15.1. The number of alkyl halides is 3. The van der Waals surface area contributed by atoms with E-state index >= 15 is 0 Å². The number of nitrogens with zero attached hydrogens (tertiary/aromatic N) is 2. The number of rotatable bonds is 7. The molecule has 1 fully saturated rings. The van der Waals surface area contributed by atoms with Gasteiger partial charge in [-0.3, -0.25) is 4.68 Å². The van der Waals surface area contributed by atoms with E-state index in [1.165, 1.54) is 16.3 Å². The van der Waals surface area contributed by atoms with Crippen molar-refractivity contribution in [1.82, 2.24) is 20.4 Å². The minimum atomic E-state index is -4.39. The van der Waals surface area contributed by atoms with Crippen LogP contribution in [0.25, 0.3) is 0 Å². The predicted molar refractivity (Wildman–Crippen MR) is 102 cm³/mol. The Balaban J connectivity index is 1.42. The standard InChI is InChI=1S/C19H23F3N4S/c1-13-3-5-14(6-4-13)12-24-18(27)23-9-2-10-26-16(15-7-8-15)11-17(25-26)19(20,21)22/h3-6,11,15H,2,7-10,12H2,1H3,(H2,23,24,27). The van der Waals surface area contributed by atoms with Gasteiger partial charge in [-0.05, 0) is 50.0 Å². The zero-order valence-corrected chi connectivity index (χ0v) is 16.0. The van der Waals surface area contributed by atoms with E-state index < -0.39 is 11.9 Å². The van der Waals surface area contributed by atoms with Crippen LogP contribution in [0.4, 0.5) is 13.2 Å². The zero-order chi connectivity index (χ0) is 19.4. The number of hydrogen-bond acceptors (Lipinski definition) is 2. The van der Waals surface area contributed by atoms with Gasteiger partial charge in [-0.25, -0.2) is 0 Å². The van der Waals surface area contributed by atoms with Crippen molar-refractivity contribution in [1.29, 1.82) is 0 Å². The lowest BCUT2D eigenvalue weighted by Gasteiger charge is -2.11. The number of halogens is 3. The van der Waals surface area contributed by atoms with E-state index in [0.29, 0.717) is 36.9 Å². The molecular weight excluding hydrogens is 373 g/mol. The van der Waals surface area contributed by atoms with Gasteiger partial charge in [0, 0.05) is 31.2 Å². The lowest BCUT2D eigenvalue weighted by Crippen LogP contribution is -2.35. The summed E-state index contributed by atoms with van der Waals surface area (Å²) in [5, 5.41) is 10.5. The molecule has 8 heteroatoms.